The van der Waals surface area contributed by atoms with Crippen LogP contribution in [-0.4, -0.2) is 32.7 Å². The summed E-state index contributed by atoms with van der Waals surface area (Å²) >= 11 is 0. The summed E-state index contributed by atoms with van der Waals surface area (Å²) in [5.41, 5.74) is 1.86. The monoisotopic (exact) mass is 313 g/mol. The van der Waals surface area contributed by atoms with Gasteiger partial charge in [0.05, 0.1) is 24.1 Å². The van der Waals surface area contributed by atoms with Crippen LogP contribution in [0.5, 0.6) is 0 Å². The Kier molecular flexibility index (Phi) is 4.46. The van der Waals surface area contributed by atoms with E-state index in [0.29, 0.717) is 25.4 Å². The number of carbonyl (C=O) groups excluding carboxylic acids is 2. The first-order chi connectivity index (χ1) is 11.1. The molecule has 2 heterocycles. The molecule has 2 aromatic rings. The number of nitrogens with zero attached hydrogens (tertiary/aromatic N) is 3. The Bertz CT molecular complexity index is 735. The zero-order chi connectivity index (χ0) is 16.4. The molecule has 3 rings (SSSR count). The van der Waals surface area contributed by atoms with E-state index < -0.39 is 0 Å². The molecule has 0 radical (unpaired) electrons. The number of imidazole rings is 1. The lowest BCUT2D eigenvalue weighted by Gasteiger charge is -2.19. The fourth-order valence-electron chi connectivity index (χ4n) is 3.40. The van der Waals surface area contributed by atoms with Crippen molar-refractivity contribution in [3.05, 3.63) is 30.1 Å². The molecule has 5 nitrogen and oxygen atoms in total. The van der Waals surface area contributed by atoms with Crippen LogP contribution in [0.1, 0.15) is 38.9 Å². The molecule has 1 unspecified atom stereocenters. The smallest absolute Gasteiger partial charge is 0.224 e. The van der Waals surface area contributed by atoms with Crippen molar-refractivity contribution < 1.29 is 9.59 Å². The predicted molar refractivity (Wildman–Crippen MR) is 88.8 cm³/mol. The molecule has 1 fully saturated rings. The molecule has 1 aromatic heterocycles. The molecule has 1 aliphatic heterocycles. The Balaban J connectivity index is 1.89. The van der Waals surface area contributed by atoms with E-state index in [4.69, 9.17) is 0 Å². The van der Waals surface area contributed by atoms with Gasteiger partial charge in [-0.25, -0.2) is 4.98 Å². The highest BCUT2D eigenvalue weighted by molar-refractivity contribution is 5.81. The lowest BCUT2D eigenvalue weighted by molar-refractivity contribution is -0.129. The molecule has 23 heavy (non-hydrogen) atoms. The maximum atomic E-state index is 12.3. The average Bonchev–Trinajstić information content (AvgIpc) is 3.01. The van der Waals surface area contributed by atoms with Crippen LogP contribution in [0.2, 0.25) is 0 Å². The Morgan fingerprint density at radius 2 is 2.13 bits per heavy atom. The first kappa shape index (κ1) is 15.7. The number of carbonyl (C=O) groups is 2. The maximum Gasteiger partial charge on any atom is 0.224 e. The third-order valence-electron chi connectivity index (χ3n) is 4.44. The summed E-state index contributed by atoms with van der Waals surface area (Å²) < 4.78 is 2.02. The molecular formula is C18H23N3O2. The molecule has 1 amide bonds. The van der Waals surface area contributed by atoms with Crippen molar-refractivity contribution in [1.29, 1.82) is 0 Å². The second-order valence-electron chi connectivity index (χ2n) is 6.44. The minimum Gasteiger partial charge on any atom is -0.324 e. The van der Waals surface area contributed by atoms with E-state index in [1.165, 1.54) is 0 Å². The molecule has 0 N–H and O–H groups in total. The van der Waals surface area contributed by atoms with Gasteiger partial charge >= 0.3 is 0 Å². The van der Waals surface area contributed by atoms with Crippen molar-refractivity contribution in [3.8, 4) is 0 Å². The highest BCUT2D eigenvalue weighted by atomic mass is 16.2. The number of rotatable bonds is 6. The van der Waals surface area contributed by atoms with Gasteiger partial charge in [-0.05, 0) is 31.4 Å². The van der Waals surface area contributed by atoms with Gasteiger partial charge in [0.25, 0.3) is 0 Å². The lowest BCUT2D eigenvalue weighted by atomic mass is 10.0. The Morgan fingerprint density at radius 3 is 2.87 bits per heavy atom. The van der Waals surface area contributed by atoms with E-state index in [1.54, 1.807) is 6.92 Å². The zero-order valence-electron chi connectivity index (χ0n) is 13.8. The van der Waals surface area contributed by atoms with Gasteiger partial charge in [0.2, 0.25) is 5.91 Å². The van der Waals surface area contributed by atoms with E-state index in [-0.39, 0.29) is 11.7 Å². The van der Waals surface area contributed by atoms with Crippen LogP contribution in [0.15, 0.2) is 24.3 Å². The van der Waals surface area contributed by atoms with Gasteiger partial charge in [-0.15, -0.1) is 0 Å². The van der Waals surface area contributed by atoms with Crippen LogP contribution in [-0.2, 0) is 22.7 Å². The third-order valence-corrected chi connectivity index (χ3v) is 4.44. The number of Topliss-reactive ketones (excluding diaryl/α,β-unsaturated/α-hetero) is 1. The number of amides is 1. The van der Waals surface area contributed by atoms with Gasteiger partial charge in [-0.2, -0.15) is 0 Å². The predicted octanol–water partition coefficient (Wildman–Crippen LogP) is 2.77. The van der Waals surface area contributed by atoms with Gasteiger partial charge in [0.15, 0.2) is 0 Å². The van der Waals surface area contributed by atoms with Crippen LogP contribution in [0.4, 0.5) is 0 Å². The fourth-order valence-corrected chi connectivity index (χ4v) is 3.40. The molecule has 0 spiro atoms. The minimum atomic E-state index is 0.0816. The standard InChI is InChI=1S/C18H23N3O2/c1-3-6-14-10-18(23)20(11-14)12-21-16-8-5-4-7-15(16)19-17(21)9-13(2)22/h4-5,7-8,14H,3,6,9-12H2,1-2H3. The molecule has 1 aromatic carbocycles. The molecular weight excluding hydrogens is 290 g/mol. The topological polar surface area (TPSA) is 55.2 Å². The largest absolute Gasteiger partial charge is 0.324 e. The van der Waals surface area contributed by atoms with Gasteiger partial charge in [0.1, 0.15) is 11.6 Å². The summed E-state index contributed by atoms with van der Waals surface area (Å²) in [7, 11) is 0. The van der Waals surface area contributed by atoms with Crippen molar-refractivity contribution in [1.82, 2.24) is 14.5 Å². The summed E-state index contributed by atoms with van der Waals surface area (Å²) in [4.78, 5) is 30.3. The van der Waals surface area contributed by atoms with E-state index >= 15 is 0 Å². The van der Waals surface area contributed by atoms with Crippen molar-refractivity contribution in [2.75, 3.05) is 6.54 Å². The molecule has 122 valence electrons. The number of benzene rings is 1. The number of hydrogen-bond donors (Lipinski definition) is 0. The van der Waals surface area contributed by atoms with Crippen molar-refractivity contribution >= 4 is 22.7 Å². The third kappa shape index (κ3) is 3.28. The average molecular weight is 313 g/mol. The van der Waals surface area contributed by atoms with Crippen LogP contribution in [0, 0.1) is 5.92 Å². The van der Waals surface area contributed by atoms with Crippen LogP contribution in [0.3, 0.4) is 0 Å². The zero-order valence-corrected chi connectivity index (χ0v) is 13.8. The number of hydrogen-bond acceptors (Lipinski definition) is 3. The van der Waals surface area contributed by atoms with Gasteiger partial charge in [0, 0.05) is 13.0 Å². The molecule has 1 saturated heterocycles. The van der Waals surface area contributed by atoms with Crippen molar-refractivity contribution in [3.63, 3.8) is 0 Å². The first-order valence-corrected chi connectivity index (χ1v) is 8.29. The summed E-state index contributed by atoms with van der Waals surface area (Å²) in [6.07, 6.45) is 3.14. The Hall–Kier alpha value is -2.17. The van der Waals surface area contributed by atoms with E-state index in [1.807, 2.05) is 33.7 Å². The molecule has 0 bridgehead atoms. The van der Waals surface area contributed by atoms with Gasteiger partial charge < -0.3 is 9.47 Å². The van der Waals surface area contributed by atoms with Crippen molar-refractivity contribution in [2.45, 2.75) is 46.2 Å². The van der Waals surface area contributed by atoms with Crippen LogP contribution in [0.25, 0.3) is 11.0 Å². The SMILES string of the molecule is CCCC1CC(=O)N(Cn2c(CC(C)=O)nc3ccccc32)C1. The van der Waals surface area contributed by atoms with E-state index in [9.17, 15) is 9.59 Å². The highest BCUT2D eigenvalue weighted by Crippen LogP contribution is 2.24. The fraction of sp³-hybridized carbons (Fsp3) is 0.500. The van der Waals surface area contributed by atoms with Crippen molar-refractivity contribution in [2.24, 2.45) is 5.92 Å². The molecule has 5 heteroatoms. The quantitative estimate of drug-likeness (QED) is 0.824. The number of aromatic nitrogens is 2. The lowest BCUT2D eigenvalue weighted by Crippen LogP contribution is -2.29. The van der Waals surface area contributed by atoms with E-state index in [2.05, 4.69) is 11.9 Å². The Labute approximate surface area is 136 Å². The van der Waals surface area contributed by atoms with Gasteiger partial charge in [-0.1, -0.05) is 25.5 Å². The Morgan fingerprint density at radius 1 is 1.35 bits per heavy atom. The first-order valence-electron chi connectivity index (χ1n) is 8.29. The summed E-state index contributed by atoms with van der Waals surface area (Å²) in [5, 5.41) is 0. The number of para-hydroxylation sites is 2. The second-order valence-corrected chi connectivity index (χ2v) is 6.44. The maximum absolute atomic E-state index is 12.3. The molecule has 0 aliphatic carbocycles. The van der Waals surface area contributed by atoms with Crippen LogP contribution < -0.4 is 0 Å². The molecule has 1 aliphatic rings. The summed E-state index contributed by atoms with van der Waals surface area (Å²) in [5.74, 6) is 1.48. The molecule has 0 saturated carbocycles. The number of fused-ring (bicyclic) bond motifs is 1. The molecule has 1 atom stereocenters. The summed E-state index contributed by atoms with van der Waals surface area (Å²) in [6, 6.07) is 7.84. The van der Waals surface area contributed by atoms with Gasteiger partial charge in [-0.3, -0.25) is 9.59 Å². The summed E-state index contributed by atoms with van der Waals surface area (Å²) in [6.45, 7) is 5.02. The highest BCUT2D eigenvalue weighted by Gasteiger charge is 2.29. The second kappa shape index (κ2) is 6.52. The number of ketones is 1. The van der Waals surface area contributed by atoms with E-state index in [0.717, 1.165) is 36.2 Å². The number of likely N-dealkylation sites (tertiary alicyclic amines) is 1. The normalized spacial score (nSPS) is 18.1. The van der Waals surface area contributed by atoms with Crippen LogP contribution >= 0.6 is 0 Å². The minimum absolute atomic E-state index is 0.0816.